The lowest BCUT2D eigenvalue weighted by molar-refractivity contribution is 0.218. The van der Waals surface area contributed by atoms with Gasteiger partial charge in [0.15, 0.2) is 0 Å². The van der Waals surface area contributed by atoms with E-state index in [2.05, 4.69) is 6.07 Å². The molecule has 0 aliphatic heterocycles. The van der Waals surface area contributed by atoms with Crippen molar-refractivity contribution in [3.63, 3.8) is 0 Å². The first-order valence-corrected chi connectivity index (χ1v) is 12.1. The number of rotatable bonds is 12. The summed E-state index contributed by atoms with van der Waals surface area (Å²) in [6.07, 6.45) is 0.0741. The highest BCUT2D eigenvalue weighted by atomic mass is 31.2. The molecule has 0 atom stereocenters. The van der Waals surface area contributed by atoms with Crippen molar-refractivity contribution < 1.29 is 27.2 Å². The van der Waals surface area contributed by atoms with Crippen LogP contribution in [-0.2, 0) is 39.5 Å². The van der Waals surface area contributed by atoms with Crippen LogP contribution in [0.15, 0.2) is 18.2 Å². The van der Waals surface area contributed by atoms with Gasteiger partial charge in [-0.2, -0.15) is 5.26 Å². The monoisotopic (exact) mass is 403 g/mol. The maximum Gasteiger partial charge on any atom is 0.335 e. The van der Waals surface area contributed by atoms with Crippen molar-refractivity contribution in [3.05, 3.63) is 34.9 Å². The maximum absolute atomic E-state index is 12.7. The van der Waals surface area contributed by atoms with Gasteiger partial charge in [-0.15, -0.1) is 0 Å². The Hall–Kier alpha value is -0.990. The minimum Gasteiger partial charge on any atom is -0.309 e. The molecule has 0 N–H and O–H groups in total. The molecule has 0 heterocycles. The van der Waals surface area contributed by atoms with Gasteiger partial charge in [0.1, 0.15) is 0 Å². The van der Waals surface area contributed by atoms with Gasteiger partial charge in [0.25, 0.3) is 0 Å². The Kier molecular flexibility index (Phi) is 9.74. The van der Waals surface area contributed by atoms with Gasteiger partial charge in [0, 0.05) is 0 Å². The molecule has 0 saturated carbocycles. The lowest BCUT2D eigenvalue weighted by Gasteiger charge is -2.19. The highest BCUT2D eigenvalue weighted by Crippen LogP contribution is 2.53. The van der Waals surface area contributed by atoms with Crippen LogP contribution in [0, 0.1) is 11.3 Å². The molecule has 26 heavy (non-hydrogen) atoms. The average Bonchev–Trinajstić information content (AvgIpc) is 2.57. The molecule has 0 spiro atoms. The molecule has 0 fully saturated rings. The highest BCUT2D eigenvalue weighted by molar-refractivity contribution is 7.53. The van der Waals surface area contributed by atoms with Crippen molar-refractivity contribution in [2.24, 2.45) is 0 Å². The summed E-state index contributed by atoms with van der Waals surface area (Å²) in [6, 6.07) is 7.11. The Morgan fingerprint density at radius 1 is 0.846 bits per heavy atom. The zero-order valence-electron chi connectivity index (χ0n) is 15.8. The largest absolute Gasteiger partial charge is 0.335 e. The summed E-state index contributed by atoms with van der Waals surface area (Å²) in [5.74, 6) is 0. The summed E-state index contributed by atoms with van der Waals surface area (Å²) in [7, 11) is -6.58. The van der Waals surface area contributed by atoms with Gasteiger partial charge in [-0.25, -0.2) is 0 Å². The zero-order chi connectivity index (χ0) is 19.6. The molecule has 146 valence electrons. The molecule has 0 unspecified atom stereocenters. The van der Waals surface area contributed by atoms with Crippen LogP contribution in [0.5, 0.6) is 0 Å². The lowest BCUT2D eigenvalue weighted by atomic mass is 10.1. The van der Waals surface area contributed by atoms with Gasteiger partial charge in [-0.1, -0.05) is 12.1 Å². The first-order valence-electron chi connectivity index (χ1n) is 8.63. The summed E-state index contributed by atoms with van der Waals surface area (Å²) in [6.45, 7) is 8.01. The SMILES string of the molecule is CCOP(=O)(Cc1ccc(CP(=O)(OCC)OCC)c(C#N)c1)OCC. The third kappa shape index (κ3) is 6.96. The number of hydrogen-bond donors (Lipinski definition) is 0. The minimum atomic E-state index is -3.31. The molecule has 0 saturated heterocycles. The molecule has 7 nitrogen and oxygen atoms in total. The van der Waals surface area contributed by atoms with E-state index in [-0.39, 0.29) is 38.8 Å². The Balaban J connectivity index is 3.09. The summed E-state index contributed by atoms with van der Waals surface area (Å²) in [4.78, 5) is 0. The quantitative estimate of drug-likeness (QED) is 0.449. The van der Waals surface area contributed by atoms with Crippen LogP contribution in [0.1, 0.15) is 44.4 Å². The first kappa shape index (κ1) is 23.0. The molecule has 0 radical (unpaired) electrons. The average molecular weight is 403 g/mol. The number of nitriles is 1. The van der Waals surface area contributed by atoms with E-state index in [1.807, 2.05) is 0 Å². The second-order valence-electron chi connectivity index (χ2n) is 5.31. The third-order valence-corrected chi connectivity index (χ3v) is 7.42. The predicted molar refractivity (Wildman–Crippen MR) is 100 cm³/mol. The molecule has 1 rings (SSSR count). The smallest absolute Gasteiger partial charge is 0.309 e. The van der Waals surface area contributed by atoms with E-state index in [1.165, 1.54) is 0 Å². The number of nitrogens with zero attached hydrogens (tertiary/aromatic N) is 1. The van der Waals surface area contributed by atoms with Gasteiger partial charge >= 0.3 is 15.2 Å². The Bertz CT molecular complexity index is 696. The molecule has 1 aromatic carbocycles. The van der Waals surface area contributed by atoms with E-state index in [4.69, 9.17) is 18.1 Å². The van der Waals surface area contributed by atoms with Crippen LogP contribution < -0.4 is 0 Å². The molecule has 0 amide bonds. The van der Waals surface area contributed by atoms with Crippen molar-refractivity contribution >= 4 is 15.2 Å². The van der Waals surface area contributed by atoms with Crippen molar-refractivity contribution in [3.8, 4) is 6.07 Å². The van der Waals surface area contributed by atoms with Crippen LogP contribution >= 0.6 is 15.2 Å². The Morgan fingerprint density at radius 3 is 1.73 bits per heavy atom. The summed E-state index contributed by atoms with van der Waals surface area (Å²) in [5, 5.41) is 9.45. The number of hydrogen-bond acceptors (Lipinski definition) is 7. The van der Waals surface area contributed by atoms with Gasteiger partial charge < -0.3 is 18.1 Å². The van der Waals surface area contributed by atoms with Crippen molar-refractivity contribution in [2.75, 3.05) is 26.4 Å². The molecule has 0 aliphatic carbocycles. The summed E-state index contributed by atoms with van der Waals surface area (Å²) in [5.41, 5.74) is 1.55. The van der Waals surface area contributed by atoms with Gasteiger partial charge in [0.2, 0.25) is 0 Å². The molecule has 0 bridgehead atoms. The second-order valence-corrected chi connectivity index (χ2v) is 9.42. The Morgan fingerprint density at radius 2 is 1.31 bits per heavy atom. The van der Waals surface area contributed by atoms with Crippen molar-refractivity contribution in [1.29, 1.82) is 5.26 Å². The minimum absolute atomic E-state index is 0.00638. The molecular weight excluding hydrogens is 376 g/mol. The normalized spacial score (nSPS) is 12.1. The van der Waals surface area contributed by atoms with Crippen molar-refractivity contribution in [2.45, 2.75) is 40.0 Å². The zero-order valence-corrected chi connectivity index (χ0v) is 17.6. The molecule has 1 aromatic rings. The Labute approximate surface area is 155 Å². The summed E-state index contributed by atoms with van der Waals surface area (Å²) < 4.78 is 46.5. The van der Waals surface area contributed by atoms with Crippen LogP contribution in [0.4, 0.5) is 0 Å². The third-order valence-electron chi connectivity index (χ3n) is 3.34. The molecule has 0 aromatic heterocycles. The van der Waals surface area contributed by atoms with E-state index in [1.54, 1.807) is 45.9 Å². The fourth-order valence-electron chi connectivity index (χ4n) is 2.44. The fraction of sp³-hybridized carbons (Fsp3) is 0.588. The standard InChI is InChI=1S/C17H27NO6P2/c1-5-21-25(19,22-6-2)13-15-9-10-16(17(11-15)12-18)14-26(20,23-7-3)24-8-4/h9-11H,5-8,13-14H2,1-4H3. The van der Waals surface area contributed by atoms with Gasteiger partial charge in [-0.3, -0.25) is 9.13 Å². The van der Waals surface area contributed by atoms with Gasteiger partial charge in [-0.05, 0) is 44.9 Å². The second kappa shape index (κ2) is 11.0. The van der Waals surface area contributed by atoms with Gasteiger partial charge in [0.05, 0.1) is 50.4 Å². The van der Waals surface area contributed by atoms with E-state index in [0.29, 0.717) is 16.7 Å². The predicted octanol–water partition coefficient (Wildman–Crippen LogP) is 5.09. The summed E-state index contributed by atoms with van der Waals surface area (Å²) >= 11 is 0. The van der Waals surface area contributed by atoms with E-state index in [9.17, 15) is 14.4 Å². The van der Waals surface area contributed by atoms with Crippen LogP contribution in [0.25, 0.3) is 0 Å². The van der Waals surface area contributed by atoms with Crippen LogP contribution in [-0.4, -0.2) is 26.4 Å². The lowest BCUT2D eigenvalue weighted by Crippen LogP contribution is -2.02. The fourth-order valence-corrected chi connectivity index (χ4v) is 5.86. The highest BCUT2D eigenvalue weighted by Gasteiger charge is 2.27. The van der Waals surface area contributed by atoms with Crippen LogP contribution in [0.2, 0.25) is 0 Å². The van der Waals surface area contributed by atoms with Crippen LogP contribution in [0.3, 0.4) is 0 Å². The first-order chi connectivity index (χ1) is 12.3. The topological polar surface area (TPSA) is 94.9 Å². The number of benzene rings is 1. The van der Waals surface area contributed by atoms with E-state index >= 15 is 0 Å². The maximum atomic E-state index is 12.7. The van der Waals surface area contributed by atoms with E-state index < -0.39 is 15.2 Å². The van der Waals surface area contributed by atoms with Crippen molar-refractivity contribution in [1.82, 2.24) is 0 Å². The molecule has 0 aliphatic rings. The molecule has 9 heteroatoms. The molecular formula is C17H27NO6P2. The van der Waals surface area contributed by atoms with E-state index in [0.717, 1.165) is 0 Å².